The Balaban J connectivity index is 1.82. The molecule has 0 spiro atoms. The van der Waals surface area contributed by atoms with Gasteiger partial charge in [-0.1, -0.05) is 25.1 Å². The Morgan fingerprint density at radius 3 is 2.81 bits per heavy atom. The molecule has 21 heavy (non-hydrogen) atoms. The van der Waals surface area contributed by atoms with Gasteiger partial charge in [-0.2, -0.15) is 0 Å². The molecule has 0 radical (unpaired) electrons. The molecule has 114 valence electrons. The smallest absolute Gasteiger partial charge is 0.414 e. The van der Waals surface area contributed by atoms with E-state index in [0.717, 1.165) is 12.1 Å². The van der Waals surface area contributed by atoms with E-state index < -0.39 is 0 Å². The second kappa shape index (κ2) is 6.97. The Morgan fingerprint density at radius 2 is 2.14 bits per heavy atom. The van der Waals surface area contributed by atoms with E-state index in [0.29, 0.717) is 13.1 Å². The molecular formula is C15H21N3O3. The normalized spacial score (nSPS) is 19.0. The highest BCUT2D eigenvalue weighted by atomic mass is 16.6. The van der Waals surface area contributed by atoms with Crippen molar-refractivity contribution in [2.24, 2.45) is 0 Å². The number of carbonyl (C=O) groups excluding carboxylic acids is 2. The topological polar surface area (TPSA) is 70.7 Å². The van der Waals surface area contributed by atoms with Crippen molar-refractivity contribution in [3.8, 4) is 0 Å². The van der Waals surface area contributed by atoms with Gasteiger partial charge in [0.15, 0.2) is 0 Å². The van der Waals surface area contributed by atoms with E-state index in [4.69, 9.17) is 4.74 Å². The maximum atomic E-state index is 11.8. The summed E-state index contributed by atoms with van der Waals surface area (Å²) in [5.41, 5.74) is 0.800. The molecule has 1 aromatic carbocycles. The number of nitrogens with one attached hydrogen (secondary N) is 2. The molecule has 0 aromatic heterocycles. The zero-order valence-corrected chi connectivity index (χ0v) is 12.3. The third-order valence-corrected chi connectivity index (χ3v) is 3.42. The van der Waals surface area contributed by atoms with Crippen molar-refractivity contribution in [1.82, 2.24) is 10.6 Å². The minimum Gasteiger partial charge on any atom is -0.442 e. The molecule has 6 heteroatoms. The lowest BCUT2D eigenvalue weighted by Crippen LogP contribution is -2.44. The largest absolute Gasteiger partial charge is 0.442 e. The van der Waals surface area contributed by atoms with Gasteiger partial charge in [0.1, 0.15) is 6.10 Å². The predicted molar refractivity (Wildman–Crippen MR) is 80.3 cm³/mol. The second-order valence-corrected chi connectivity index (χ2v) is 5.12. The summed E-state index contributed by atoms with van der Waals surface area (Å²) in [6.45, 7) is 4.68. The molecule has 1 saturated heterocycles. The van der Waals surface area contributed by atoms with Crippen LogP contribution in [0.4, 0.5) is 15.3 Å². The lowest BCUT2D eigenvalue weighted by Gasteiger charge is -2.14. The number of amides is 3. The number of nitrogens with zero attached hydrogens (tertiary/aromatic N) is 1. The first-order valence-electron chi connectivity index (χ1n) is 7.17. The quantitative estimate of drug-likeness (QED) is 0.873. The molecule has 1 aromatic rings. The number of para-hydroxylation sites is 1. The molecule has 0 bridgehead atoms. The van der Waals surface area contributed by atoms with Crippen LogP contribution in [0.15, 0.2) is 30.3 Å². The van der Waals surface area contributed by atoms with Crippen LogP contribution in [0.3, 0.4) is 0 Å². The highest BCUT2D eigenvalue weighted by Gasteiger charge is 2.32. The van der Waals surface area contributed by atoms with Crippen LogP contribution in [0.25, 0.3) is 0 Å². The Bertz CT molecular complexity index is 492. The monoisotopic (exact) mass is 291 g/mol. The minimum atomic E-state index is -0.379. The van der Waals surface area contributed by atoms with Crippen molar-refractivity contribution in [2.45, 2.75) is 32.4 Å². The van der Waals surface area contributed by atoms with Crippen LogP contribution >= 0.6 is 0 Å². The minimum absolute atomic E-state index is 0.122. The number of benzene rings is 1. The maximum Gasteiger partial charge on any atom is 0.414 e. The molecule has 3 amide bonds. The molecule has 1 fully saturated rings. The summed E-state index contributed by atoms with van der Waals surface area (Å²) < 4.78 is 5.25. The van der Waals surface area contributed by atoms with E-state index in [9.17, 15) is 9.59 Å². The Morgan fingerprint density at radius 1 is 1.43 bits per heavy atom. The van der Waals surface area contributed by atoms with Crippen molar-refractivity contribution in [3.05, 3.63) is 30.3 Å². The molecule has 2 atom stereocenters. The molecule has 2 unspecified atom stereocenters. The summed E-state index contributed by atoms with van der Waals surface area (Å²) in [6.07, 6.45) is 0.156. The summed E-state index contributed by atoms with van der Waals surface area (Å²) in [6, 6.07) is 9.22. The van der Waals surface area contributed by atoms with E-state index in [1.807, 2.05) is 44.2 Å². The van der Waals surface area contributed by atoms with E-state index in [1.165, 1.54) is 0 Å². The van der Waals surface area contributed by atoms with Crippen molar-refractivity contribution in [1.29, 1.82) is 0 Å². The lowest BCUT2D eigenvalue weighted by molar-refractivity contribution is 0.140. The van der Waals surface area contributed by atoms with Crippen molar-refractivity contribution < 1.29 is 14.3 Å². The zero-order valence-electron chi connectivity index (χ0n) is 12.3. The van der Waals surface area contributed by atoms with Crippen LogP contribution in [0.1, 0.15) is 20.3 Å². The first kappa shape index (κ1) is 15.2. The molecule has 2 rings (SSSR count). The number of hydrogen-bond acceptors (Lipinski definition) is 3. The fourth-order valence-corrected chi connectivity index (χ4v) is 2.03. The molecule has 1 aliphatic rings. The fraction of sp³-hybridized carbons (Fsp3) is 0.467. The van der Waals surface area contributed by atoms with Gasteiger partial charge in [-0.15, -0.1) is 0 Å². The van der Waals surface area contributed by atoms with Crippen LogP contribution in [0.5, 0.6) is 0 Å². The fourth-order valence-electron chi connectivity index (χ4n) is 2.03. The molecular weight excluding hydrogens is 270 g/mol. The van der Waals surface area contributed by atoms with Gasteiger partial charge in [-0.05, 0) is 25.5 Å². The highest BCUT2D eigenvalue weighted by molar-refractivity contribution is 5.89. The number of rotatable bonds is 5. The number of hydrogen-bond donors (Lipinski definition) is 2. The zero-order chi connectivity index (χ0) is 15.2. The Hall–Kier alpha value is -2.24. The molecule has 1 heterocycles. The predicted octanol–water partition coefficient (Wildman–Crippen LogP) is 2.11. The van der Waals surface area contributed by atoms with E-state index in [1.54, 1.807) is 4.90 Å². The van der Waals surface area contributed by atoms with Crippen LogP contribution in [-0.4, -0.2) is 37.4 Å². The van der Waals surface area contributed by atoms with Gasteiger partial charge in [0.05, 0.1) is 13.1 Å². The number of anilines is 1. The van der Waals surface area contributed by atoms with Crippen LogP contribution in [-0.2, 0) is 4.74 Å². The lowest BCUT2D eigenvalue weighted by atomic mass is 10.2. The van der Waals surface area contributed by atoms with E-state index >= 15 is 0 Å². The van der Waals surface area contributed by atoms with Crippen LogP contribution in [0.2, 0.25) is 0 Å². The first-order chi connectivity index (χ1) is 10.1. The van der Waals surface area contributed by atoms with Gasteiger partial charge < -0.3 is 15.4 Å². The highest BCUT2D eigenvalue weighted by Crippen LogP contribution is 2.20. The number of carbonyl (C=O) groups is 2. The van der Waals surface area contributed by atoms with Gasteiger partial charge in [-0.25, -0.2) is 9.59 Å². The van der Waals surface area contributed by atoms with Gasteiger partial charge in [0, 0.05) is 11.7 Å². The summed E-state index contributed by atoms with van der Waals surface area (Å²) in [5, 5.41) is 5.53. The molecule has 0 aliphatic carbocycles. The molecule has 0 saturated carbocycles. The first-order valence-corrected chi connectivity index (χ1v) is 7.17. The Labute approximate surface area is 124 Å². The third-order valence-electron chi connectivity index (χ3n) is 3.42. The van der Waals surface area contributed by atoms with Crippen LogP contribution < -0.4 is 15.5 Å². The van der Waals surface area contributed by atoms with Gasteiger partial charge in [-0.3, -0.25) is 4.90 Å². The third kappa shape index (κ3) is 4.11. The number of urea groups is 1. The van der Waals surface area contributed by atoms with Gasteiger partial charge in [0.25, 0.3) is 0 Å². The van der Waals surface area contributed by atoms with Crippen molar-refractivity contribution >= 4 is 17.8 Å². The summed E-state index contributed by atoms with van der Waals surface area (Å²) in [4.78, 5) is 25.0. The maximum absolute atomic E-state index is 11.8. The summed E-state index contributed by atoms with van der Waals surface area (Å²) in [5.74, 6) is 0. The van der Waals surface area contributed by atoms with Crippen molar-refractivity contribution in [2.75, 3.05) is 18.0 Å². The molecule has 6 nitrogen and oxygen atoms in total. The van der Waals surface area contributed by atoms with E-state index in [2.05, 4.69) is 10.6 Å². The van der Waals surface area contributed by atoms with Crippen molar-refractivity contribution in [3.63, 3.8) is 0 Å². The summed E-state index contributed by atoms with van der Waals surface area (Å²) in [7, 11) is 0. The number of ether oxygens (including phenoxy) is 1. The average molecular weight is 291 g/mol. The van der Waals surface area contributed by atoms with Crippen LogP contribution in [0, 0.1) is 0 Å². The molecule has 1 aliphatic heterocycles. The van der Waals surface area contributed by atoms with Gasteiger partial charge >= 0.3 is 12.1 Å². The number of cyclic esters (lactones) is 1. The second-order valence-electron chi connectivity index (χ2n) is 5.12. The molecule has 2 N–H and O–H groups in total. The SMILES string of the molecule is CCC(C)NC(=O)NCC1CN(c2ccccc2)C(=O)O1. The van der Waals surface area contributed by atoms with E-state index in [-0.39, 0.29) is 24.3 Å². The summed E-state index contributed by atoms with van der Waals surface area (Å²) >= 11 is 0. The standard InChI is InChI=1S/C15H21N3O3/c1-3-11(2)17-14(19)16-9-13-10-18(15(20)21-13)12-7-5-4-6-8-12/h4-8,11,13H,3,9-10H2,1-2H3,(H2,16,17,19). The average Bonchev–Trinajstić information content (AvgIpc) is 2.87. The Kier molecular flexibility index (Phi) is 5.03. The van der Waals surface area contributed by atoms with Gasteiger partial charge in [0.2, 0.25) is 0 Å².